The highest BCUT2D eigenvalue weighted by Gasteiger charge is 2.24. The molecule has 0 saturated carbocycles. The molecule has 3 rings (SSSR count). The van der Waals surface area contributed by atoms with E-state index in [0.717, 1.165) is 24.7 Å². The van der Waals surface area contributed by atoms with Crippen molar-refractivity contribution in [1.29, 1.82) is 0 Å². The summed E-state index contributed by atoms with van der Waals surface area (Å²) in [6.45, 7) is 8.96. The number of aliphatic imine (C=N–C) groups is 1. The first-order chi connectivity index (χ1) is 12.3. The molecule has 2 N–H and O–H groups in total. The molecule has 0 amide bonds. The van der Waals surface area contributed by atoms with E-state index in [-0.39, 0.29) is 24.0 Å². The largest absolute Gasteiger partial charge is 0.357 e. The molecular weight excluding hydrogens is 477 g/mol. The SMILES string of the molecule is CCNC(=NCc1scnc1C)NCC(c1cccs1)N1CCCC1.I. The van der Waals surface area contributed by atoms with Crippen molar-refractivity contribution in [2.24, 2.45) is 4.99 Å². The molecule has 2 aromatic rings. The van der Waals surface area contributed by atoms with Crippen LogP contribution in [-0.4, -0.2) is 42.0 Å². The zero-order chi connectivity index (χ0) is 17.5. The summed E-state index contributed by atoms with van der Waals surface area (Å²) in [5, 5.41) is 9.09. The van der Waals surface area contributed by atoms with E-state index >= 15 is 0 Å². The Morgan fingerprint density at radius 3 is 2.73 bits per heavy atom. The van der Waals surface area contributed by atoms with Crippen LogP contribution in [0.25, 0.3) is 0 Å². The second-order valence-electron chi connectivity index (χ2n) is 6.21. The Morgan fingerprint density at radius 1 is 1.31 bits per heavy atom. The van der Waals surface area contributed by atoms with Gasteiger partial charge in [0.25, 0.3) is 0 Å². The molecule has 2 aromatic heterocycles. The van der Waals surface area contributed by atoms with Crippen molar-refractivity contribution in [3.8, 4) is 0 Å². The van der Waals surface area contributed by atoms with Crippen molar-refractivity contribution in [1.82, 2.24) is 20.5 Å². The summed E-state index contributed by atoms with van der Waals surface area (Å²) >= 11 is 3.52. The summed E-state index contributed by atoms with van der Waals surface area (Å²) in [5.41, 5.74) is 2.97. The average molecular weight is 505 g/mol. The number of likely N-dealkylation sites (tertiary alicyclic amines) is 1. The highest BCUT2D eigenvalue weighted by Crippen LogP contribution is 2.27. The lowest BCUT2D eigenvalue weighted by Crippen LogP contribution is -2.42. The predicted molar refractivity (Wildman–Crippen MR) is 123 cm³/mol. The van der Waals surface area contributed by atoms with E-state index in [4.69, 9.17) is 4.99 Å². The van der Waals surface area contributed by atoms with Gasteiger partial charge < -0.3 is 10.6 Å². The van der Waals surface area contributed by atoms with Crippen molar-refractivity contribution in [2.45, 2.75) is 39.3 Å². The molecule has 1 fully saturated rings. The molecule has 1 unspecified atom stereocenters. The number of thiophene rings is 1. The maximum absolute atomic E-state index is 4.75. The summed E-state index contributed by atoms with van der Waals surface area (Å²) in [6, 6.07) is 4.83. The topological polar surface area (TPSA) is 52.6 Å². The Morgan fingerprint density at radius 2 is 2.12 bits per heavy atom. The Bertz CT molecular complexity index is 665. The molecule has 0 aromatic carbocycles. The smallest absolute Gasteiger partial charge is 0.191 e. The maximum Gasteiger partial charge on any atom is 0.191 e. The number of aromatic nitrogens is 1. The number of thiazole rings is 1. The third-order valence-corrected chi connectivity index (χ3v) is 6.38. The molecule has 1 saturated heterocycles. The lowest BCUT2D eigenvalue weighted by atomic mass is 10.2. The normalized spacial score (nSPS) is 16.3. The van der Waals surface area contributed by atoms with Crippen LogP contribution in [-0.2, 0) is 6.54 Å². The van der Waals surface area contributed by atoms with Gasteiger partial charge in [-0.3, -0.25) is 4.90 Å². The van der Waals surface area contributed by atoms with E-state index in [1.165, 1.54) is 35.7 Å². The van der Waals surface area contributed by atoms with E-state index in [1.54, 1.807) is 11.3 Å². The number of hydrogen-bond acceptors (Lipinski definition) is 5. The average Bonchev–Trinajstić information content (AvgIpc) is 3.36. The van der Waals surface area contributed by atoms with Gasteiger partial charge in [-0.25, -0.2) is 9.98 Å². The molecule has 0 spiro atoms. The van der Waals surface area contributed by atoms with Crippen LogP contribution >= 0.6 is 46.7 Å². The number of rotatable bonds is 7. The standard InChI is InChI=1S/C18H27N5S2.HI/c1-3-19-18(21-12-17-14(2)22-13-25-17)20-11-15(16-7-6-10-24-16)23-8-4-5-9-23;/h6-7,10,13,15H,3-5,8-9,11-12H2,1-2H3,(H2,19,20,21);1H. The summed E-state index contributed by atoms with van der Waals surface area (Å²) in [6.07, 6.45) is 2.61. The molecule has 1 aliphatic rings. The van der Waals surface area contributed by atoms with Gasteiger partial charge in [0, 0.05) is 22.8 Å². The Hall–Kier alpha value is -0.710. The number of guanidine groups is 1. The minimum atomic E-state index is 0. The van der Waals surface area contributed by atoms with E-state index in [9.17, 15) is 0 Å². The number of aryl methyl sites for hydroxylation is 1. The van der Waals surface area contributed by atoms with Crippen LogP contribution in [0.5, 0.6) is 0 Å². The van der Waals surface area contributed by atoms with Crippen molar-refractivity contribution in [3.63, 3.8) is 0 Å². The fraction of sp³-hybridized carbons (Fsp3) is 0.556. The minimum absolute atomic E-state index is 0. The van der Waals surface area contributed by atoms with E-state index in [0.29, 0.717) is 12.6 Å². The van der Waals surface area contributed by atoms with Crippen LogP contribution in [0.15, 0.2) is 28.0 Å². The first kappa shape index (κ1) is 21.6. The second-order valence-corrected chi connectivity index (χ2v) is 8.13. The predicted octanol–water partition coefficient (Wildman–Crippen LogP) is 4.02. The Balaban J connectivity index is 0.00000243. The van der Waals surface area contributed by atoms with E-state index < -0.39 is 0 Å². The fourth-order valence-electron chi connectivity index (χ4n) is 3.11. The van der Waals surface area contributed by atoms with Crippen LogP contribution in [0.3, 0.4) is 0 Å². The highest BCUT2D eigenvalue weighted by atomic mass is 127. The van der Waals surface area contributed by atoms with Crippen LogP contribution in [0, 0.1) is 6.92 Å². The summed E-state index contributed by atoms with van der Waals surface area (Å²) < 4.78 is 0. The lowest BCUT2D eigenvalue weighted by molar-refractivity contribution is 0.249. The second kappa shape index (κ2) is 11.2. The summed E-state index contributed by atoms with van der Waals surface area (Å²) in [4.78, 5) is 14.3. The van der Waals surface area contributed by atoms with Crippen LogP contribution in [0.2, 0.25) is 0 Å². The zero-order valence-corrected chi connectivity index (χ0v) is 19.4. The first-order valence-corrected chi connectivity index (χ1v) is 10.7. The number of nitrogens with one attached hydrogen (secondary N) is 2. The summed E-state index contributed by atoms with van der Waals surface area (Å²) in [5.74, 6) is 0.885. The van der Waals surface area contributed by atoms with Crippen molar-refractivity contribution in [2.75, 3.05) is 26.2 Å². The molecule has 3 heterocycles. The van der Waals surface area contributed by atoms with Crippen molar-refractivity contribution >= 4 is 52.6 Å². The van der Waals surface area contributed by atoms with Crippen LogP contribution in [0.1, 0.15) is 41.3 Å². The van der Waals surface area contributed by atoms with Gasteiger partial charge in [-0.15, -0.1) is 46.7 Å². The molecule has 1 aliphatic heterocycles. The quantitative estimate of drug-likeness (QED) is 0.339. The number of halogens is 1. The van der Waals surface area contributed by atoms with Crippen LogP contribution < -0.4 is 10.6 Å². The zero-order valence-electron chi connectivity index (χ0n) is 15.4. The molecule has 26 heavy (non-hydrogen) atoms. The van der Waals surface area contributed by atoms with Gasteiger partial charge >= 0.3 is 0 Å². The van der Waals surface area contributed by atoms with Crippen molar-refractivity contribution in [3.05, 3.63) is 38.5 Å². The Labute approximate surface area is 181 Å². The fourth-order valence-corrected chi connectivity index (χ4v) is 4.67. The van der Waals surface area contributed by atoms with Crippen molar-refractivity contribution < 1.29 is 0 Å². The van der Waals surface area contributed by atoms with Gasteiger partial charge in [0.15, 0.2) is 5.96 Å². The van der Waals surface area contributed by atoms with Gasteiger partial charge in [-0.1, -0.05) is 6.07 Å². The van der Waals surface area contributed by atoms with Gasteiger partial charge in [-0.2, -0.15) is 0 Å². The monoisotopic (exact) mass is 505 g/mol. The van der Waals surface area contributed by atoms with Gasteiger partial charge in [0.1, 0.15) is 0 Å². The van der Waals surface area contributed by atoms with E-state index in [2.05, 4.69) is 45.0 Å². The molecule has 8 heteroatoms. The third kappa shape index (κ3) is 5.90. The highest BCUT2D eigenvalue weighted by molar-refractivity contribution is 14.0. The minimum Gasteiger partial charge on any atom is -0.357 e. The van der Waals surface area contributed by atoms with Gasteiger partial charge in [0.05, 0.1) is 23.8 Å². The van der Waals surface area contributed by atoms with Gasteiger partial charge in [0.2, 0.25) is 0 Å². The third-order valence-electron chi connectivity index (χ3n) is 4.49. The molecular formula is C18H28IN5S2. The number of nitrogens with zero attached hydrogens (tertiary/aromatic N) is 3. The molecule has 0 radical (unpaired) electrons. The number of hydrogen-bond donors (Lipinski definition) is 2. The van der Waals surface area contributed by atoms with Crippen LogP contribution in [0.4, 0.5) is 0 Å². The molecule has 144 valence electrons. The first-order valence-electron chi connectivity index (χ1n) is 8.96. The molecule has 1 atom stereocenters. The molecule has 5 nitrogen and oxygen atoms in total. The molecule has 0 bridgehead atoms. The van der Waals surface area contributed by atoms with Gasteiger partial charge in [-0.05, 0) is 51.2 Å². The Kier molecular flexibility index (Phi) is 9.30. The summed E-state index contributed by atoms with van der Waals surface area (Å²) in [7, 11) is 0. The lowest BCUT2D eigenvalue weighted by Gasteiger charge is -2.27. The molecule has 0 aliphatic carbocycles. The van der Waals surface area contributed by atoms with E-state index in [1.807, 2.05) is 23.8 Å². The maximum atomic E-state index is 4.75.